The van der Waals surface area contributed by atoms with Crippen molar-refractivity contribution in [1.29, 1.82) is 0 Å². The first-order chi connectivity index (χ1) is 10.2. The van der Waals surface area contributed by atoms with Gasteiger partial charge in [0.1, 0.15) is 0 Å². The summed E-state index contributed by atoms with van der Waals surface area (Å²) in [6, 6.07) is 9.16. The smallest absolute Gasteiger partial charge is 0.262 e. The Balaban J connectivity index is 2.03. The molecule has 0 aliphatic rings. The summed E-state index contributed by atoms with van der Waals surface area (Å²) < 4.78 is 1.63. The van der Waals surface area contributed by atoms with Crippen LogP contribution in [0.5, 0.6) is 0 Å². The second-order valence-corrected chi connectivity index (χ2v) is 5.41. The van der Waals surface area contributed by atoms with E-state index < -0.39 is 0 Å². The molecule has 0 fully saturated rings. The zero-order valence-electron chi connectivity index (χ0n) is 11.5. The number of hydrogen-bond acceptors (Lipinski definition) is 3. The molecule has 0 radical (unpaired) electrons. The minimum atomic E-state index is -0.109. The van der Waals surface area contributed by atoms with Gasteiger partial charge in [-0.3, -0.25) is 14.3 Å². The molecule has 4 nitrogen and oxygen atoms in total. The highest BCUT2D eigenvalue weighted by atomic mass is 35.5. The minimum Gasteiger partial charge on any atom is -0.296 e. The van der Waals surface area contributed by atoms with Crippen LogP contribution < -0.4 is 5.56 Å². The molecule has 0 saturated heterocycles. The monoisotopic (exact) mass is 299 g/mol. The summed E-state index contributed by atoms with van der Waals surface area (Å²) in [5.41, 5.74) is 1.59. The van der Waals surface area contributed by atoms with Crippen LogP contribution in [0.4, 0.5) is 0 Å². The fraction of sp³-hybridized carbons (Fsp3) is 0.188. The van der Waals surface area contributed by atoms with Gasteiger partial charge in [0, 0.05) is 18.4 Å². The highest BCUT2D eigenvalue weighted by Crippen LogP contribution is 2.19. The van der Waals surface area contributed by atoms with Crippen LogP contribution in [0.25, 0.3) is 10.9 Å². The fourth-order valence-corrected chi connectivity index (χ4v) is 2.66. The Kier molecular flexibility index (Phi) is 3.71. The van der Waals surface area contributed by atoms with E-state index in [0.717, 1.165) is 5.56 Å². The fourth-order valence-electron chi connectivity index (χ4n) is 2.41. The SMILES string of the molecule is C[C@H](Cc1cccnc1)n1cnc2cccc(Cl)c2c1=O. The highest BCUT2D eigenvalue weighted by molar-refractivity contribution is 6.35. The number of fused-ring (bicyclic) bond motifs is 1. The van der Waals surface area contributed by atoms with Gasteiger partial charge in [-0.1, -0.05) is 23.7 Å². The standard InChI is InChI=1S/C16H14ClN3O/c1-11(8-12-4-3-7-18-9-12)20-10-19-14-6-2-5-13(17)15(14)16(20)21/h2-7,9-11H,8H2,1H3/t11-/m1/s1. The topological polar surface area (TPSA) is 47.8 Å². The molecule has 0 N–H and O–H groups in total. The Hall–Kier alpha value is -2.20. The van der Waals surface area contributed by atoms with Crippen LogP contribution in [0, 0.1) is 0 Å². The molecule has 0 spiro atoms. The van der Waals surface area contributed by atoms with Crippen LogP contribution in [0.3, 0.4) is 0 Å². The lowest BCUT2D eigenvalue weighted by molar-refractivity contribution is 0.522. The van der Waals surface area contributed by atoms with Gasteiger partial charge in [0.05, 0.1) is 22.3 Å². The number of aromatic nitrogens is 3. The van der Waals surface area contributed by atoms with E-state index in [4.69, 9.17) is 11.6 Å². The maximum Gasteiger partial charge on any atom is 0.262 e. The molecular weight excluding hydrogens is 286 g/mol. The van der Waals surface area contributed by atoms with Gasteiger partial charge in [-0.2, -0.15) is 0 Å². The number of benzene rings is 1. The molecule has 0 aliphatic carbocycles. The largest absolute Gasteiger partial charge is 0.296 e. The van der Waals surface area contributed by atoms with Crippen LogP contribution in [-0.4, -0.2) is 14.5 Å². The molecule has 0 bridgehead atoms. The maximum atomic E-state index is 12.6. The average Bonchev–Trinajstić information content (AvgIpc) is 2.48. The van der Waals surface area contributed by atoms with Crippen LogP contribution in [0.1, 0.15) is 18.5 Å². The highest BCUT2D eigenvalue weighted by Gasteiger charge is 2.12. The summed E-state index contributed by atoms with van der Waals surface area (Å²) in [7, 11) is 0. The lowest BCUT2D eigenvalue weighted by Gasteiger charge is -2.15. The van der Waals surface area contributed by atoms with Gasteiger partial charge in [-0.15, -0.1) is 0 Å². The second-order valence-electron chi connectivity index (χ2n) is 5.01. The van der Waals surface area contributed by atoms with Crippen LogP contribution in [0.2, 0.25) is 5.02 Å². The average molecular weight is 300 g/mol. The first-order valence-electron chi connectivity index (χ1n) is 6.71. The summed E-state index contributed by atoms with van der Waals surface area (Å²) in [5, 5.41) is 0.910. The normalized spacial score (nSPS) is 12.5. The van der Waals surface area contributed by atoms with Crippen molar-refractivity contribution in [3.8, 4) is 0 Å². The number of pyridine rings is 1. The van der Waals surface area contributed by atoms with Crippen LogP contribution >= 0.6 is 11.6 Å². The van der Waals surface area contributed by atoms with Gasteiger partial charge in [-0.25, -0.2) is 4.98 Å². The van der Waals surface area contributed by atoms with E-state index in [2.05, 4.69) is 9.97 Å². The van der Waals surface area contributed by atoms with Crippen LogP contribution in [-0.2, 0) is 6.42 Å². The number of halogens is 1. The molecule has 3 aromatic rings. The first-order valence-corrected chi connectivity index (χ1v) is 7.09. The molecule has 0 amide bonds. The summed E-state index contributed by atoms with van der Waals surface area (Å²) in [5.74, 6) is 0. The Morgan fingerprint density at radius 3 is 2.90 bits per heavy atom. The van der Waals surface area contributed by atoms with E-state index in [1.165, 1.54) is 0 Å². The zero-order valence-corrected chi connectivity index (χ0v) is 12.3. The van der Waals surface area contributed by atoms with Crippen molar-refractivity contribution in [1.82, 2.24) is 14.5 Å². The quantitative estimate of drug-likeness (QED) is 0.746. The Bertz CT molecular complexity index is 830. The number of nitrogens with zero attached hydrogens (tertiary/aromatic N) is 3. The van der Waals surface area contributed by atoms with Gasteiger partial charge < -0.3 is 0 Å². The van der Waals surface area contributed by atoms with Crippen molar-refractivity contribution in [3.63, 3.8) is 0 Å². The molecule has 2 aromatic heterocycles. The summed E-state index contributed by atoms with van der Waals surface area (Å²) in [4.78, 5) is 21.0. The van der Waals surface area contributed by atoms with Gasteiger partial charge in [0.25, 0.3) is 5.56 Å². The molecule has 0 aliphatic heterocycles. The van der Waals surface area contributed by atoms with Crippen molar-refractivity contribution in [3.05, 3.63) is 70.0 Å². The molecular formula is C16H14ClN3O. The van der Waals surface area contributed by atoms with Gasteiger partial charge in [-0.05, 0) is 37.1 Å². The van der Waals surface area contributed by atoms with Gasteiger partial charge >= 0.3 is 0 Å². The van der Waals surface area contributed by atoms with Crippen molar-refractivity contribution < 1.29 is 0 Å². The molecule has 106 valence electrons. The molecule has 3 rings (SSSR count). The Morgan fingerprint density at radius 2 is 2.14 bits per heavy atom. The van der Waals surface area contributed by atoms with E-state index in [0.29, 0.717) is 22.3 Å². The van der Waals surface area contributed by atoms with Gasteiger partial charge in [0.2, 0.25) is 0 Å². The van der Waals surface area contributed by atoms with E-state index >= 15 is 0 Å². The Morgan fingerprint density at radius 1 is 1.29 bits per heavy atom. The molecule has 0 saturated carbocycles. The predicted molar refractivity (Wildman–Crippen MR) is 83.7 cm³/mol. The second kappa shape index (κ2) is 5.66. The third kappa shape index (κ3) is 2.67. The van der Waals surface area contributed by atoms with Crippen molar-refractivity contribution in [2.24, 2.45) is 0 Å². The van der Waals surface area contributed by atoms with Crippen LogP contribution in [0.15, 0.2) is 53.8 Å². The summed E-state index contributed by atoms with van der Waals surface area (Å²) in [6.07, 6.45) is 5.84. The number of rotatable bonds is 3. The minimum absolute atomic E-state index is 0.0186. The van der Waals surface area contributed by atoms with E-state index in [1.807, 2.05) is 25.3 Å². The third-order valence-corrected chi connectivity index (χ3v) is 3.80. The van der Waals surface area contributed by atoms with E-state index in [-0.39, 0.29) is 11.6 Å². The summed E-state index contributed by atoms with van der Waals surface area (Å²) in [6.45, 7) is 1.98. The van der Waals surface area contributed by atoms with Crippen molar-refractivity contribution in [2.75, 3.05) is 0 Å². The first kappa shape index (κ1) is 13.8. The molecule has 1 atom stereocenters. The van der Waals surface area contributed by atoms with E-state index in [1.54, 1.807) is 35.3 Å². The van der Waals surface area contributed by atoms with E-state index in [9.17, 15) is 4.79 Å². The molecule has 21 heavy (non-hydrogen) atoms. The maximum absolute atomic E-state index is 12.6. The predicted octanol–water partition coefficient (Wildman–Crippen LogP) is 3.25. The van der Waals surface area contributed by atoms with Crippen molar-refractivity contribution >= 4 is 22.5 Å². The molecule has 5 heteroatoms. The lowest BCUT2D eigenvalue weighted by Crippen LogP contribution is -2.25. The molecule has 1 aromatic carbocycles. The number of hydrogen-bond donors (Lipinski definition) is 0. The Labute approximate surface area is 127 Å². The lowest BCUT2D eigenvalue weighted by atomic mass is 10.1. The zero-order chi connectivity index (χ0) is 14.8. The third-order valence-electron chi connectivity index (χ3n) is 3.49. The summed E-state index contributed by atoms with van der Waals surface area (Å²) >= 11 is 6.14. The molecule has 0 unspecified atom stereocenters. The van der Waals surface area contributed by atoms with Gasteiger partial charge in [0.15, 0.2) is 0 Å². The van der Waals surface area contributed by atoms with Crippen molar-refractivity contribution in [2.45, 2.75) is 19.4 Å². The molecule has 2 heterocycles.